The predicted molar refractivity (Wildman–Crippen MR) is 106 cm³/mol. The van der Waals surface area contributed by atoms with Gasteiger partial charge in [-0.3, -0.25) is 0 Å². The maximum absolute atomic E-state index is 11.5. The van der Waals surface area contributed by atoms with Crippen LogP contribution in [0.3, 0.4) is 0 Å². The van der Waals surface area contributed by atoms with E-state index in [4.69, 9.17) is 5.11 Å². The molecule has 3 aliphatic rings. The number of hydrogen-bond donors (Lipinski definition) is 3. The van der Waals surface area contributed by atoms with Crippen LogP contribution in [0.4, 0.5) is 0 Å². The molecule has 2 saturated carbocycles. The predicted octanol–water partition coefficient (Wildman–Crippen LogP) is 4.15. The number of aliphatic hydroxyl groups is 2. The molecule has 0 aliphatic heterocycles. The summed E-state index contributed by atoms with van der Waals surface area (Å²) in [6, 6.07) is 5.91. The minimum absolute atomic E-state index is 0.118. The molecule has 1 aromatic rings. The number of benzene rings is 1. The summed E-state index contributed by atoms with van der Waals surface area (Å²) in [5.74, 6) is 8.56. The number of hydrogen-bond acceptors (Lipinski definition) is 3. The van der Waals surface area contributed by atoms with Crippen molar-refractivity contribution in [3.8, 4) is 17.6 Å². The summed E-state index contributed by atoms with van der Waals surface area (Å²) >= 11 is 0. The van der Waals surface area contributed by atoms with Crippen LogP contribution in [-0.2, 0) is 6.42 Å². The molecule has 0 heterocycles. The van der Waals surface area contributed by atoms with E-state index in [1.54, 1.807) is 0 Å². The minimum atomic E-state index is -0.864. The second-order valence-corrected chi connectivity index (χ2v) is 9.14. The van der Waals surface area contributed by atoms with E-state index in [0.29, 0.717) is 23.5 Å². The molecule has 3 N–H and O–H groups in total. The molecule has 27 heavy (non-hydrogen) atoms. The second kappa shape index (κ2) is 7.15. The topological polar surface area (TPSA) is 60.7 Å². The molecule has 0 spiro atoms. The molecule has 3 aliphatic carbocycles. The van der Waals surface area contributed by atoms with Crippen molar-refractivity contribution in [2.45, 2.75) is 76.2 Å². The third-order valence-corrected chi connectivity index (χ3v) is 7.87. The number of aliphatic hydroxyl groups excluding tert-OH is 1. The largest absolute Gasteiger partial charge is 0.508 e. The molecule has 0 saturated heterocycles. The summed E-state index contributed by atoms with van der Waals surface area (Å²) < 4.78 is 0. The highest BCUT2D eigenvalue weighted by Crippen LogP contribution is 2.64. The van der Waals surface area contributed by atoms with Gasteiger partial charge in [-0.2, -0.15) is 0 Å². The van der Waals surface area contributed by atoms with Gasteiger partial charge in [-0.1, -0.05) is 18.9 Å². The Bertz CT molecular complexity index is 761. The van der Waals surface area contributed by atoms with Crippen molar-refractivity contribution < 1.29 is 15.3 Å². The van der Waals surface area contributed by atoms with Crippen molar-refractivity contribution in [2.24, 2.45) is 17.3 Å². The fourth-order valence-corrected chi connectivity index (χ4v) is 6.32. The summed E-state index contributed by atoms with van der Waals surface area (Å²) in [4.78, 5) is 0. The molecular formula is C24H32O3. The van der Waals surface area contributed by atoms with Gasteiger partial charge in [-0.25, -0.2) is 0 Å². The normalized spacial score (nSPS) is 36.9. The fraction of sp³-hybridized carbons (Fsp3) is 0.667. The molecular weight excluding hydrogens is 336 g/mol. The smallest absolute Gasteiger partial charge is 0.131 e. The zero-order chi connectivity index (χ0) is 19.1. The zero-order valence-corrected chi connectivity index (χ0v) is 16.4. The molecule has 146 valence electrons. The Balaban J connectivity index is 1.55. The molecule has 0 radical (unpaired) electrons. The van der Waals surface area contributed by atoms with Crippen LogP contribution in [0.5, 0.6) is 5.75 Å². The standard InChI is InChI=1S/C24H32O3/c1-23-13-10-20-19-9-7-18(26)16-17(19)6-8-21(20)22(23)11-14-24(23,27)12-4-2-3-5-15-25/h7,9,16,20-22,25-27H,2-3,5-6,8,10-11,13-15H2,1H3/t20-,21-,22+,23+,24+/m1/s1. The average molecular weight is 369 g/mol. The number of phenolic OH excluding ortho intramolecular Hbond substituents is 1. The van der Waals surface area contributed by atoms with Gasteiger partial charge in [0.25, 0.3) is 0 Å². The highest BCUT2D eigenvalue weighted by Gasteiger charge is 2.61. The molecule has 3 heteroatoms. The van der Waals surface area contributed by atoms with Gasteiger partial charge in [-0.05, 0) is 92.4 Å². The number of rotatable bonds is 3. The average Bonchev–Trinajstić information content (AvgIpc) is 2.92. The summed E-state index contributed by atoms with van der Waals surface area (Å²) in [5, 5.41) is 30.2. The maximum Gasteiger partial charge on any atom is 0.131 e. The van der Waals surface area contributed by atoms with Gasteiger partial charge in [0, 0.05) is 18.4 Å². The first kappa shape index (κ1) is 18.8. The molecule has 0 amide bonds. The molecule has 3 nitrogen and oxygen atoms in total. The van der Waals surface area contributed by atoms with Gasteiger partial charge < -0.3 is 15.3 Å². The van der Waals surface area contributed by atoms with E-state index in [0.717, 1.165) is 57.8 Å². The van der Waals surface area contributed by atoms with Crippen molar-refractivity contribution in [2.75, 3.05) is 6.61 Å². The summed E-state index contributed by atoms with van der Waals surface area (Å²) in [6.45, 7) is 2.49. The quantitative estimate of drug-likeness (QED) is 0.555. The number of unbranched alkanes of at least 4 members (excludes halogenated alkanes) is 2. The van der Waals surface area contributed by atoms with Gasteiger partial charge >= 0.3 is 0 Å². The fourth-order valence-electron chi connectivity index (χ4n) is 6.32. The van der Waals surface area contributed by atoms with Crippen molar-refractivity contribution in [1.29, 1.82) is 0 Å². The van der Waals surface area contributed by atoms with Crippen LogP contribution < -0.4 is 0 Å². The van der Waals surface area contributed by atoms with E-state index in [1.165, 1.54) is 11.1 Å². The van der Waals surface area contributed by atoms with Crippen LogP contribution in [0.1, 0.15) is 75.3 Å². The molecule has 4 rings (SSSR count). The number of aromatic hydroxyl groups is 1. The van der Waals surface area contributed by atoms with Crippen LogP contribution in [0.15, 0.2) is 18.2 Å². The number of aryl methyl sites for hydroxylation is 1. The lowest BCUT2D eigenvalue weighted by Gasteiger charge is -2.52. The Hall–Kier alpha value is -1.50. The summed E-state index contributed by atoms with van der Waals surface area (Å²) in [6.07, 6.45) is 8.58. The Kier molecular flexibility index (Phi) is 4.99. The Morgan fingerprint density at radius 3 is 2.81 bits per heavy atom. The summed E-state index contributed by atoms with van der Waals surface area (Å²) in [5.41, 5.74) is 1.76. The molecule has 1 aromatic carbocycles. The highest BCUT2D eigenvalue weighted by atomic mass is 16.3. The molecule has 0 aromatic heterocycles. The van der Waals surface area contributed by atoms with Gasteiger partial charge in [0.15, 0.2) is 0 Å². The van der Waals surface area contributed by atoms with Crippen molar-refractivity contribution in [1.82, 2.24) is 0 Å². The lowest BCUT2D eigenvalue weighted by molar-refractivity contribution is -0.0648. The molecule has 5 atom stereocenters. The maximum atomic E-state index is 11.5. The van der Waals surface area contributed by atoms with Gasteiger partial charge in [0.05, 0.1) is 0 Å². The third-order valence-electron chi connectivity index (χ3n) is 7.87. The van der Waals surface area contributed by atoms with Crippen LogP contribution in [0.25, 0.3) is 0 Å². The van der Waals surface area contributed by atoms with E-state index in [2.05, 4.69) is 24.8 Å². The number of phenols is 1. The molecule has 2 fully saturated rings. The van der Waals surface area contributed by atoms with Crippen LogP contribution >= 0.6 is 0 Å². The molecule has 0 unspecified atom stereocenters. The lowest BCUT2D eigenvalue weighted by Crippen LogP contribution is -2.50. The van der Waals surface area contributed by atoms with E-state index in [9.17, 15) is 10.2 Å². The Labute approximate surface area is 162 Å². The van der Waals surface area contributed by atoms with Gasteiger partial charge in [0.2, 0.25) is 0 Å². The Morgan fingerprint density at radius 2 is 2.00 bits per heavy atom. The van der Waals surface area contributed by atoms with E-state index in [1.807, 2.05) is 12.1 Å². The van der Waals surface area contributed by atoms with E-state index in [-0.39, 0.29) is 12.0 Å². The lowest BCUT2D eigenvalue weighted by atomic mass is 9.53. The monoisotopic (exact) mass is 368 g/mol. The van der Waals surface area contributed by atoms with Crippen molar-refractivity contribution in [3.05, 3.63) is 29.3 Å². The van der Waals surface area contributed by atoms with Crippen molar-refractivity contribution in [3.63, 3.8) is 0 Å². The van der Waals surface area contributed by atoms with Crippen LogP contribution in [0.2, 0.25) is 0 Å². The van der Waals surface area contributed by atoms with Crippen LogP contribution in [0, 0.1) is 29.1 Å². The van der Waals surface area contributed by atoms with Crippen molar-refractivity contribution >= 4 is 0 Å². The first-order valence-corrected chi connectivity index (χ1v) is 10.6. The SMILES string of the molecule is C[C@]12CC[C@@H]3c4ccc(O)cc4CC[C@H]3[C@@H]1CC[C@@]2(O)C#CCCCCO. The number of fused-ring (bicyclic) bond motifs is 5. The molecule has 0 bridgehead atoms. The first-order valence-electron chi connectivity index (χ1n) is 10.6. The first-order chi connectivity index (χ1) is 13.0. The third kappa shape index (κ3) is 3.08. The second-order valence-electron chi connectivity index (χ2n) is 9.14. The zero-order valence-electron chi connectivity index (χ0n) is 16.4. The summed E-state index contributed by atoms with van der Waals surface area (Å²) in [7, 11) is 0. The van der Waals surface area contributed by atoms with Crippen LogP contribution in [-0.4, -0.2) is 27.5 Å². The van der Waals surface area contributed by atoms with E-state index >= 15 is 0 Å². The van der Waals surface area contributed by atoms with Gasteiger partial charge in [0.1, 0.15) is 11.4 Å². The highest BCUT2D eigenvalue weighted by molar-refractivity contribution is 5.40. The van der Waals surface area contributed by atoms with Gasteiger partial charge in [-0.15, -0.1) is 5.92 Å². The Morgan fingerprint density at radius 1 is 1.15 bits per heavy atom. The van der Waals surface area contributed by atoms with E-state index < -0.39 is 5.60 Å². The minimum Gasteiger partial charge on any atom is -0.508 e.